The first-order valence-electron chi connectivity index (χ1n) is 5.80. The summed E-state index contributed by atoms with van der Waals surface area (Å²) in [5.41, 5.74) is 0.199. The van der Waals surface area contributed by atoms with E-state index in [0.717, 1.165) is 18.2 Å². The second-order valence-corrected chi connectivity index (χ2v) is 5.74. The van der Waals surface area contributed by atoms with Crippen LogP contribution in [0.4, 0.5) is 8.78 Å². The maximum absolute atomic E-state index is 13.0. The maximum Gasteiger partial charge on any atom is 0.339 e. The van der Waals surface area contributed by atoms with Crippen LogP contribution in [0.2, 0.25) is 0 Å². The second kappa shape index (κ2) is 5.61. The molecule has 0 fully saturated rings. The Bertz CT molecular complexity index is 800. The van der Waals surface area contributed by atoms with Gasteiger partial charge in [0.25, 0.3) is 0 Å². The van der Waals surface area contributed by atoms with Crippen molar-refractivity contribution in [1.82, 2.24) is 0 Å². The first kappa shape index (κ1) is 15.1. The minimum absolute atomic E-state index is 0.199. The fourth-order valence-corrected chi connectivity index (χ4v) is 2.54. The zero-order valence-electron chi connectivity index (χ0n) is 10.8. The van der Waals surface area contributed by atoms with Crippen LogP contribution in [0, 0.1) is 11.6 Å². The fourth-order valence-electron chi connectivity index (χ4n) is 1.57. The van der Waals surface area contributed by atoms with E-state index in [1.807, 2.05) is 0 Å². The van der Waals surface area contributed by atoms with Gasteiger partial charge in [0.05, 0.1) is 0 Å². The predicted octanol–water partition coefficient (Wildman–Crippen LogP) is 2.94. The summed E-state index contributed by atoms with van der Waals surface area (Å²) < 4.78 is 54.6. The first-order valence-corrected chi connectivity index (χ1v) is 7.21. The van der Waals surface area contributed by atoms with Crippen LogP contribution in [0.5, 0.6) is 5.75 Å². The Morgan fingerprint density at radius 1 is 1.05 bits per heavy atom. The van der Waals surface area contributed by atoms with E-state index < -0.39 is 21.8 Å². The van der Waals surface area contributed by atoms with Crippen molar-refractivity contribution in [3.63, 3.8) is 0 Å². The number of halogens is 2. The molecule has 0 saturated carbocycles. The maximum atomic E-state index is 13.0. The monoisotopic (exact) mass is 312 g/mol. The van der Waals surface area contributed by atoms with Crippen LogP contribution in [-0.2, 0) is 10.1 Å². The molecule has 0 aliphatic rings. The van der Waals surface area contributed by atoms with Gasteiger partial charge < -0.3 is 4.18 Å². The number of carbonyl (C=O) groups is 1. The van der Waals surface area contributed by atoms with Crippen LogP contribution < -0.4 is 4.18 Å². The van der Waals surface area contributed by atoms with Gasteiger partial charge in [-0.3, -0.25) is 4.79 Å². The number of carbonyl (C=O) groups excluding carboxylic acids is 1. The van der Waals surface area contributed by atoms with E-state index in [4.69, 9.17) is 4.18 Å². The van der Waals surface area contributed by atoms with Crippen LogP contribution in [-0.4, -0.2) is 14.2 Å². The second-order valence-electron chi connectivity index (χ2n) is 4.20. The van der Waals surface area contributed by atoms with E-state index in [2.05, 4.69) is 0 Å². The molecule has 0 aromatic heterocycles. The molecule has 0 heterocycles. The molecule has 2 aromatic rings. The summed E-state index contributed by atoms with van der Waals surface area (Å²) in [5.74, 6) is -3.00. The average molecular weight is 312 g/mol. The molecule has 0 aliphatic heterocycles. The third kappa shape index (κ3) is 3.43. The summed E-state index contributed by atoms with van der Waals surface area (Å²) in [4.78, 5) is 11.0. The molecule has 21 heavy (non-hydrogen) atoms. The molecule has 0 aliphatic carbocycles. The third-order valence-electron chi connectivity index (χ3n) is 2.63. The zero-order valence-corrected chi connectivity index (χ0v) is 11.7. The van der Waals surface area contributed by atoms with Gasteiger partial charge in [-0.25, -0.2) is 8.78 Å². The summed E-state index contributed by atoms with van der Waals surface area (Å²) in [6.45, 7) is 1.29. The van der Waals surface area contributed by atoms with Gasteiger partial charge in [0, 0.05) is 11.6 Å². The average Bonchev–Trinajstić information content (AvgIpc) is 2.43. The number of ketones is 1. The Morgan fingerprint density at radius 3 is 2.38 bits per heavy atom. The van der Waals surface area contributed by atoms with Crippen molar-refractivity contribution >= 4 is 15.9 Å². The lowest BCUT2D eigenvalue weighted by Gasteiger charge is -2.08. The van der Waals surface area contributed by atoms with Crippen LogP contribution in [0.25, 0.3) is 0 Å². The fraction of sp³-hybridized carbons (Fsp3) is 0.0714. The molecule has 0 saturated heterocycles. The molecule has 0 unspecified atom stereocenters. The number of hydrogen-bond acceptors (Lipinski definition) is 4. The highest BCUT2D eigenvalue weighted by atomic mass is 32.2. The summed E-state index contributed by atoms with van der Waals surface area (Å²) in [5, 5.41) is 0. The number of Topliss-reactive ketones (excluding diaryl/α,β-unsaturated/α-hetero) is 1. The Morgan fingerprint density at radius 2 is 1.76 bits per heavy atom. The van der Waals surface area contributed by atoms with Gasteiger partial charge in [-0.05, 0) is 31.2 Å². The Labute approximate surface area is 120 Å². The first-order chi connectivity index (χ1) is 9.79. The normalized spacial score (nSPS) is 11.2. The van der Waals surface area contributed by atoms with Gasteiger partial charge in [-0.2, -0.15) is 8.42 Å². The van der Waals surface area contributed by atoms with Crippen molar-refractivity contribution in [3.8, 4) is 5.75 Å². The molecule has 0 bridgehead atoms. The molecule has 0 amide bonds. The minimum atomic E-state index is -4.24. The summed E-state index contributed by atoms with van der Waals surface area (Å²) >= 11 is 0. The lowest BCUT2D eigenvalue weighted by atomic mass is 10.2. The number of rotatable bonds is 4. The molecule has 4 nitrogen and oxygen atoms in total. The van der Waals surface area contributed by atoms with E-state index in [0.29, 0.717) is 6.07 Å². The quantitative estimate of drug-likeness (QED) is 0.643. The molecule has 110 valence electrons. The Kier molecular flexibility index (Phi) is 4.04. The van der Waals surface area contributed by atoms with Crippen LogP contribution in [0.3, 0.4) is 0 Å². The van der Waals surface area contributed by atoms with E-state index >= 15 is 0 Å². The standard InChI is InChI=1S/C14H10F2O4S/c1-9(17)10-3-2-4-12(7-10)21(18,19)20-11-5-6-13(15)14(16)8-11/h2-8H,1H3. The molecule has 0 N–H and O–H groups in total. The molecule has 2 rings (SSSR count). The van der Waals surface area contributed by atoms with Crippen LogP contribution >= 0.6 is 0 Å². The smallest absolute Gasteiger partial charge is 0.339 e. The number of benzene rings is 2. The molecular weight excluding hydrogens is 302 g/mol. The van der Waals surface area contributed by atoms with Crippen molar-refractivity contribution in [2.75, 3.05) is 0 Å². The lowest BCUT2D eigenvalue weighted by Crippen LogP contribution is -2.10. The van der Waals surface area contributed by atoms with Gasteiger partial charge >= 0.3 is 10.1 Å². The molecule has 0 spiro atoms. The highest BCUT2D eigenvalue weighted by Gasteiger charge is 2.18. The Balaban J connectivity index is 2.36. The van der Waals surface area contributed by atoms with Crippen molar-refractivity contribution in [3.05, 3.63) is 59.7 Å². The van der Waals surface area contributed by atoms with Gasteiger partial charge in [0.15, 0.2) is 17.4 Å². The Hall–Kier alpha value is -2.28. The highest BCUT2D eigenvalue weighted by Crippen LogP contribution is 2.21. The summed E-state index contributed by atoms with van der Waals surface area (Å²) in [7, 11) is -4.24. The number of hydrogen-bond donors (Lipinski definition) is 0. The van der Waals surface area contributed by atoms with Crippen molar-refractivity contribution in [2.24, 2.45) is 0 Å². The van der Waals surface area contributed by atoms with Gasteiger partial charge in [-0.15, -0.1) is 0 Å². The van der Waals surface area contributed by atoms with E-state index in [1.165, 1.54) is 25.1 Å². The molecule has 0 atom stereocenters. The van der Waals surface area contributed by atoms with Crippen molar-refractivity contribution in [1.29, 1.82) is 0 Å². The molecule has 2 aromatic carbocycles. The van der Waals surface area contributed by atoms with Crippen LogP contribution in [0.1, 0.15) is 17.3 Å². The van der Waals surface area contributed by atoms with Crippen molar-refractivity contribution < 1.29 is 26.2 Å². The molecule has 0 radical (unpaired) electrons. The topological polar surface area (TPSA) is 60.4 Å². The van der Waals surface area contributed by atoms with E-state index in [-0.39, 0.29) is 22.0 Å². The van der Waals surface area contributed by atoms with Gasteiger partial charge in [0.2, 0.25) is 0 Å². The third-order valence-corrected chi connectivity index (χ3v) is 3.87. The largest absolute Gasteiger partial charge is 0.379 e. The van der Waals surface area contributed by atoms with Gasteiger partial charge in [0.1, 0.15) is 10.6 Å². The van der Waals surface area contributed by atoms with E-state index in [1.54, 1.807) is 0 Å². The lowest BCUT2D eigenvalue weighted by molar-refractivity contribution is 0.101. The van der Waals surface area contributed by atoms with E-state index in [9.17, 15) is 22.0 Å². The SMILES string of the molecule is CC(=O)c1cccc(S(=O)(=O)Oc2ccc(F)c(F)c2)c1. The summed E-state index contributed by atoms with van der Waals surface area (Å²) in [6.07, 6.45) is 0. The minimum Gasteiger partial charge on any atom is -0.379 e. The van der Waals surface area contributed by atoms with Gasteiger partial charge in [-0.1, -0.05) is 12.1 Å². The summed E-state index contributed by atoms with van der Waals surface area (Å²) in [6, 6.07) is 7.61. The predicted molar refractivity (Wildman–Crippen MR) is 70.6 cm³/mol. The van der Waals surface area contributed by atoms with Crippen molar-refractivity contribution in [2.45, 2.75) is 11.8 Å². The molecular formula is C14H10F2O4S. The molecule has 7 heteroatoms. The van der Waals surface area contributed by atoms with Crippen LogP contribution in [0.15, 0.2) is 47.4 Å². The highest BCUT2D eigenvalue weighted by molar-refractivity contribution is 7.87. The zero-order chi connectivity index (χ0) is 15.6.